The number of methoxy groups -OCH3 is 1. The van der Waals surface area contributed by atoms with Crippen molar-refractivity contribution in [2.75, 3.05) is 34.4 Å². The van der Waals surface area contributed by atoms with Gasteiger partial charge in [-0.1, -0.05) is 30.3 Å². The van der Waals surface area contributed by atoms with Crippen molar-refractivity contribution in [3.63, 3.8) is 0 Å². The van der Waals surface area contributed by atoms with E-state index in [0.717, 1.165) is 30.9 Å². The van der Waals surface area contributed by atoms with Crippen LogP contribution in [0.5, 0.6) is 11.5 Å². The van der Waals surface area contributed by atoms with Gasteiger partial charge in [-0.25, -0.2) is 0 Å². The highest BCUT2D eigenvalue weighted by Gasteiger charge is 2.11. The Labute approximate surface area is 151 Å². The van der Waals surface area contributed by atoms with E-state index in [1.807, 2.05) is 44.4 Å². The Morgan fingerprint density at radius 2 is 1.84 bits per heavy atom. The summed E-state index contributed by atoms with van der Waals surface area (Å²) < 4.78 is 16.5. The highest BCUT2D eigenvalue weighted by Crippen LogP contribution is 2.21. The van der Waals surface area contributed by atoms with Crippen molar-refractivity contribution in [2.45, 2.75) is 18.9 Å². The molecule has 0 aliphatic rings. The van der Waals surface area contributed by atoms with Gasteiger partial charge in [0.15, 0.2) is 0 Å². The normalized spacial score (nSPS) is 12.2. The summed E-state index contributed by atoms with van der Waals surface area (Å²) in [6.45, 7) is 1.26. The van der Waals surface area contributed by atoms with Crippen LogP contribution in [0.4, 0.5) is 0 Å². The van der Waals surface area contributed by atoms with Crippen molar-refractivity contribution in [1.82, 2.24) is 4.90 Å². The van der Waals surface area contributed by atoms with E-state index in [1.165, 1.54) is 11.1 Å². The zero-order valence-electron chi connectivity index (χ0n) is 15.4. The quantitative estimate of drug-likeness (QED) is 0.660. The number of hydrogen-bond acceptors (Lipinski definition) is 4. The molecule has 0 unspecified atom stereocenters. The number of ether oxygens (including phenoxy) is 3. The number of hydrogen-bond donors (Lipinski definition) is 0. The summed E-state index contributed by atoms with van der Waals surface area (Å²) in [4.78, 5) is 2.06. The van der Waals surface area contributed by atoms with Crippen LogP contribution in [-0.4, -0.2) is 45.4 Å². The van der Waals surface area contributed by atoms with Crippen LogP contribution in [0.15, 0.2) is 48.5 Å². The minimum absolute atomic E-state index is 0.0542. The molecule has 0 saturated heterocycles. The van der Waals surface area contributed by atoms with E-state index in [0.29, 0.717) is 6.61 Å². The van der Waals surface area contributed by atoms with Crippen LogP contribution in [0.25, 0.3) is 0 Å². The van der Waals surface area contributed by atoms with Crippen LogP contribution >= 0.6 is 0 Å². The molecule has 0 aliphatic carbocycles. The SMILES string of the molecule is [CH2]O[C@@H](COc1ccccc1CCc1cccc(OC)c1)CN(C)C. The first-order chi connectivity index (χ1) is 12.1. The Bertz CT molecular complexity index is 643. The summed E-state index contributed by atoms with van der Waals surface area (Å²) in [5.41, 5.74) is 2.44. The molecule has 0 saturated carbocycles. The van der Waals surface area contributed by atoms with Crippen molar-refractivity contribution < 1.29 is 14.2 Å². The summed E-state index contributed by atoms with van der Waals surface area (Å²) in [6.07, 6.45) is 1.79. The second-order valence-corrected chi connectivity index (χ2v) is 6.32. The van der Waals surface area contributed by atoms with E-state index in [9.17, 15) is 0 Å². The van der Waals surface area contributed by atoms with Crippen molar-refractivity contribution in [1.29, 1.82) is 0 Å². The molecule has 0 spiro atoms. The number of benzene rings is 2. The number of para-hydroxylation sites is 1. The zero-order valence-corrected chi connectivity index (χ0v) is 15.4. The molecule has 25 heavy (non-hydrogen) atoms. The molecule has 135 valence electrons. The molecule has 0 aliphatic heterocycles. The Morgan fingerprint density at radius 3 is 2.56 bits per heavy atom. The Hall–Kier alpha value is -2.04. The standard InChI is InChI=1S/C21H28NO3/c1-22(2)15-20(24-4)16-25-21-11-6-5-9-18(21)13-12-17-8-7-10-19(14-17)23-3/h5-11,14,20H,4,12-13,15-16H2,1-3H3/t20-/m1/s1. The maximum absolute atomic E-state index is 6.01. The van der Waals surface area contributed by atoms with Crippen LogP contribution < -0.4 is 9.47 Å². The third-order valence-electron chi connectivity index (χ3n) is 4.02. The summed E-state index contributed by atoms with van der Waals surface area (Å²) in [5, 5.41) is 0. The summed E-state index contributed by atoms with van der Waals surface area (Å²) in [6, 6.07) is 16.3. The van der Waals surface area contributed by atoms with Crippen molar-refractivity contribution in [2.24, 2.45) is 0 Å². The third kappa shape index (κ3) is 6.40. The Kier molecular flexibility index (Phi) is 7.76. The lowest BCUT2D eigenvalue weighted by Crippen LogP contribution is -2.32. The van der Waals surface area contributed by atoms with E-state index in [1.54, 1.807) is 7.11 Å². The monoisotopic (exact) mass is 342 g/mol. The number of likely N-dealkylation sites (N-methyl/N-ethyl adjacent to an activating group) is 1. The van der Waals surface area contributed by atoms with Crippen molar-refractivity contribution in [3.05, 3.63) is 66.8 Å². The highest BCUT2D eigenvalue weighted by molar-refractivity contribution is 5.35. The molecule has 0 fully saturated rings. The zero-order chi connectivity index (χ0) is 18.1. The van der Waals surface area contributed by atoms with Gasteiger partial charge in [-0.05, 0) is 56.3 Å². The van der Waals surface area contributed by atoms with Gasteiger partial charge in [-0.2, -0.15) is 0 Å². The van der Waals surface area contributed by atoms with Gasteiger partial charge >= 0.3 is 0 Å². The van der Waals surface area contributed by atoms with Crippen molar-refractivity contribution >= 4 is 0 Å². The molecule has 0 bridgehead atoms. The molecule has 0 heterocycles. The molecule has 2 aromatic carbocycles. The maximum atomic E-state index is 6.01. The van der Waals surface area contributed by atoms with Crippen LogP contribution in [-0.2, 0) is 17.6 Å². The van der Waals surface area contributed by atoms with Gasteiger partial charge < -0.3 is 19.1 Å². The molecule has 1 radical (unpaired) electrons. The topological polar surface area (TPSA) is 30.9 Å². The number of rotatable bonds is 10. The molecular formula is C21H28NO3. The van der Waals surface area contributed by atoms with Gasteiger partial charge in [0, 0.05) is 6.54 Å². The lowest BCUT2D eigenvalue weighted by Gasteiger charge is -2.20. The fourth-order valence-electron chi connectivity index (χ4n) is 2.70. The Balaban J connectivity index is 1.97. The van der Waals surface area contributed by atoms with Crippen LogP contribution in [0.1, 0.15) is 11.1 Å². The smallest absolute Gasteiger partial charge is 0.122 e. The van der Waals surface area contributed by atoms with E-state index in [-0.39, 0.29) is 6.10 Å². The van der Waals surface area contributed by atoms with Gasteiger partial charge in [-0.15, -0.1) is 0 Å². The third-order valence-corrected chi connectivity index (χ3v) is 4.02. The second-order valence-electron chi connectivity index (χ2n) is 6.32. The number of aryl methyl sites for hydroxylation is 2. The lowest BCUT2D eigenvalue weighted by molar-refractivity contribution is 0.0624. The average Bonchev–Trinajstić information content (AvgIpc) is 2.64. The second kappa shape index (κ2) is 10.1. The minimum Gasteiger partial charge on any atom is -0.497 e. The minimum atomic E-state index is -0.0542. The fraction of sp³-hybridized carbons (Fsp3) is 0.381. The van der Waals surface area contributed by atoms with E-state index in [2.05, 4.69) is 30.2 Å². The number of nitrogens with zero attached hydrogens (tertiary/aromatic N) is 1. The first kappa shape index (κ1) is 19.3. The summed E-state index contributed by atoms with van der Waals surface area (Å²) in [5.74, 6) is 1.80. The summed E-state index contributed by atoms with van der Waals surface area (Å²) in [7, 11) is 9.26. The van der Waals surface area contributed by atoms with E-state index in [4.69, 9.17) is 14.2 Å². The molecule has 0 N–H and O–H groups in total. The molecule has 4 heteroatoms. The fourth-order valence-corrected chi connectivity index (χ4v) is 2.70. The molecule has 0 aromatic heterocycles. The van der Waals surface area contributed by atoms with Gasteiger partial charge in [0.1, 0.15) is 24.2 Å². The predicted molar refractivity (Wildman–Crippen MR) is 101 cm³/mol. The van der Waals surface area contributed by atoms with Crippen LogP contribution in [0.3, 0.4) is 0 Å². The van der Waals surface area contributed by atoms with E-state index < -0.39 is 0 Å². The predicted octanol–water partition coefficient (Wildman–Crippen LogP) is 3.60. The van der Waals surface area contributed by atoms with Crippen LogP contribution in [0.2, 0.25) is 0 Å². The molecule has 2 rings (SSSR count). The maximum Gasteiger partial charge on any atom is 0.122 e. The highest BCUT2D eigenvalue weighted by atomic mass is 16.5. The van der Waals surface area contributed by atoms with E-state index >= 15 is 0 Å². The first-order valence-electron chi connectivity index (χ1n) is 8.51. The van der Waals surface area contributed by atoms with Gasteiger partial charge in [0.05, 0.1) is 14.2 Å². The molecule has 0 amide bonds. The summed E-state index contributed by atoms with van der Waals surface area (Å²) >= 11 is 0. The van der Waals surface area contributed by atoms with Gasteiger partial charge in [-0.3, -0.25) is 0 Å². The molecule has 2 aromatic rings. The van der Waals surface area contributed by atoms with Crippen molar-refractivity contribution in [3.8, 4) is 11.5 Å². The Morgan fingerprint density at radius 1 is 1.04 bits per heavy atom. The average molecular weight is 342 g/mol. The lowest BCUT2D eigenvalue weighted by atomic mass is 10.0. The first-order valence-corrected chi connectivity index (χ1v) is 8.51. The van der Waals surface area contributed by atoms with Gasteiger partial charge in [0.2, 0.25) is 0 Å². The van der Waals surface area contributed by atoms with Crippen LogP contribution in [0, 0.1) is 7.11 Å². The van der Waals surface area contributed by atoms with Gasteiger partial charge in [0.25, 0.3) is 0 Å². The molecular weight excluding hydrogens is 314 g/mol. The largest absolute Gasteiger partial charge is 0.497 e. The molecule has 1 atom stereocenters. The molecule has 4 nitrogen and oxygen atoms in total.